The van der Waals surface area contributed by atoms with Crippen molar-refractivity contribution in [2.24, 2.45) is 0 Å². The number of anilines is 1. The number of hydrogen-bond donors (Lipinski definition) is 1. The van der Waals surface area contributed by atoms with Crippen molar-refractivity contribution in [3.05, 3.63) is 99.0 Å². The normalized spacial score (nSPS) is 11.9. The largest absolute Gasteiger partial charge is 0.322 e. The van der Waals surface area contributed by atoms with E-state index in [-0.39, 0.29) is 11.6 Å². The molecule has 1 N–H and O–H groups in total. The maximum absolute atomic E-state index is 13.6. The Morgan fingerprint density at radius 2 is 1.79 bits per heavy atom. The van der Waals surface area contributed by atoms with Gasteiger partial charge in [-0.15, -0.1) is 0 Å². The Morgan fingerprint density at radius 3 is 2.47 bits per heavy atom. The number of carbonyl (C=O) groups excluding carboxylic acids is 1. The van der Waals surface area contributed by atoms with E-state index in [1.165, 1.54) is 5.56 Å². The van der Waals surface area contributed by atoms with Crippen molar-refractivity contribution in [3.63, 3.8) is 0 Å². The van der Waals surface area contributed by atoms with Crippen LogP contribution >= 0.6 is 15.9 Å². The number of amides is 2. The van der Waals surface area contributed by atoms with Crippen LogP contribution < -0.4 is 10.9 Å². The second-order valence-corrected chi connectivity index (χ2v) is 9.04. The van der Waals surface area contributed by atoms with Crippen LogP contribution in [0.3, 0.4) is 0 Å². The van der Waals surface area contributed by atoms with Crippen LogP contribution in [0.2, 0.25) is 0 Å². The first-order valence-corrected chi connectivity index (χ1v) is 12.1. The fraction of sp³-hybridized carbons (Fsp3) is 0.222. The van der Waals surface area contributed by atoms with Crippen molar-refractivity contribution < 1.29 is 4.79 Å². The van der Waals surface area contributed by atoms with Crippen molar-refractivity contribution in [1.29, 1.82) is 0 Å². The average Bonchev–Trinajstić information content (AvgIpc) is 2.85. The zero-order chi connectivity index (χ0) is 24.2. The van der Waals surface area contributed by atoms with E-state index in [1.54, 1.807) is 22.6 Å². The number of urea groups is 1. The predicted molar refractivity (Wildman–Crippen MR) is 141 cm³/mol. The Hall–Kier alpha value is -3.45. The highest BCUT2D eigenvalue weighted by atomic mass is 79.9. The number of aromatic nitrogens is 2. The van der Waals surface area contributed by atoms with Crippen molar-refractivity contribution in [2.45, 2.75) is 32.7 Å². The second-order valence-electron chi connectivity index (χ2n) is 8.12. The summed E-state index contributed by atoms with van der Waals surface area (Å²) >= 11 is 3.43. The summed E-state index contributed by atoms with van der Waals surface area (Å²) in [6.45, 7) is 4.08. The number of benzene rings is 3. The van der Waals surface area contributed by atoms with Crippen LogP contribution in [0.4, 0.5) is 10.5 Å². The Labute approximate surface area is 207 Å². The Morgan fingerprint density at radius 1 is 1.06 bits per heavy atom. The van der Waals surface area contributed by atoms with E-state index in [4.69, 9.17) is 4.98 Å². The monoisotopic (exact) mass is 518 g/mol. The fourth-order valence-electron chi connectivity index (χ4n) is 4.05. The van der Waals surface area contributed by atoms with Crippen LogP contribution in [0.1, 0.15) is 37.7 Å². The van der Waals surface area contributed by atoms with E-state index < -0.39 is 6.04 Å². The molecule has 0 spiro atoms. The lowest BCUT2D eigenvalue weighted by atomic mass is 10.1. The molecule has 2 amide bonds. The van der Waals surface area contributed by atoms with Crippen LogP contribution in [0, 0.1) is 0 Å². The van der Waals surface area contributed by atoms with Gasteiger partial charge in [0.15, 0.2) is 0 Å². The van der Waals surface area contributed by atoms with Gasteiger partial charge in [-0.25, -0.2) is 9.78 Å². The van der Waals surface area contributed by atoms with E-state index in [1.807, 2.05) is 73.7 Å². The SMILES string of the molecule is CCc1ccc(-n2c(C(CC)N(C)C(=O)Nc3cccc(Br)c3)nc3ccccc3c2=O)cc1. The molecule has 1 atom stereocenters. The summed E-state index contributed by atoms with van der Waals surface area (Å²) in [6.07, 6.45) is 1.49. The smallest absolute Gasteiger partial charge is 0.317 e. The highest BCUT2D eigenvalue weighted by molar-refractivity contribution is 9.10. The van der Waals surface area contributed by atoms with Crippen molar-refractivity contribution in [3.8, 4) is 5.69 Å². The van der Waals surface area contributed by atoms with Gasteiger partial charge in [0.25, 0.3) is 5.56 Å². The molecule has 0 aliphatic carbocycles. The quantitative estimate of drug-likeness (QED) is 0.324. The summed E-state index contributed by atoms with van der Waals surface area (Å²) < 4.78 is 2.51. The molecule has 0 saturated carbocycles. The molecular weight excluding hydrogens is 492 g/mol. The number of rotatable bonds is 6. The van der Waals surface area contributed by atoms with Gasteiger partial charge in [0.2, 0.25) is 0 Å². The third-order valence-electron chi connectivity index (χ3n) is 5.95. The van der Waals surface area contributed by atoms with Crippen LogP contribution in [0.5, 0.6) is 0 Å². The number of carbonyl (C=O) groups is 1. The molecule has 1 aromatic heterocycles. The zero-order valence-electron chi connectivity index (χ0n) is 19.5. The fourth-order valence-corrected chi connectivity index (χ4v) is 4.45. The predicted octanol–water partition coefficient (Wildman–Crippen LogP) is 6.33. The van der Waals surface area contributed by atoms with Gasteiger partial charge in [-0.2, -0.15) is 0 Å². The number of halogens is 1. The number of para-hydroxylation sites is 1. The van der Waals surface area contributed by atoms with E-state index in [2.05, 4.69) is 28.2 Å². The van der Waals surface area contributed by atoms with Gasteiger partial charge >= 0.3 is 6.03 Å². The molecule has 4 rings (SSSR count). The summed E-state index contributed by atoms with van der Waals surface area (Å²) in [5.41, 5.74) is 3.06. The number of aryl methyl sites for hydroxylation is 1. The average molecular weight is 519 g/mol. The molecule has 0 saturated heterocycles. The van der Waals surface area contributed by atoms with Crippen LogP contribution in [0.25, 0.3) is 16.6 Å². The molecule has 0 aliphatic heterocycles. The van der Waals surface area contributed by atoms with Gasteiger partial charge in [-0.1, -0.05) is 60.1 Å². The van der Waals surface area contributed by atoms with Gasteiger partial charge in [-0.3, -0.25) is 9.36 Å². The maximum Gasteiger partial charge on any atom is 0.322 e. The Balaban J connectivity index is 1.81. The molecule has 0 aliphatic rings. The molecule has 1 heterocycles. The molecule has 34 heavy (non-hydrogen) atoms. The molecule has 1 unspecified atom stereocenters. The minimum absolute atomic E-state index is 0.149. The minimum atomic E-state index is -0.421. The van der Waals surface area contributed by atoms with Gasteiger partial charge in [0.05, 0.1) is 22.6 Å². The first-order chi connectivity index (χ1) is 16.4. The molecule has 0 radical (unpaired) electrons. The standard InChI is InChI=1S/C27H27BrN4O2/c1-4-18-13-15-21(16-14-18)32-25(30-23-12-7-6-11-22(23)26(32)33)24(5-2)31(3)27(34)29-20-10-8-9-19(28)17-20/h6-17,24H,4-5H2,1-3H3,(H,29,34). The highest BCUT2D eigenvalue weighted by Gasteiger charge is 2.26. The van der Waals surface area contributed by atoms with E-state index in [9.17, 15) is 9.59 Å². The van der Waals surface area contributed by atoms with Gasteiger partial charge in [0, 0.05) is 17.2 Å². The van der Waals surface area contributed by atoms with Crippen molar-refractivity contribution in [1.82, 2.24) is 14.5 Å². The lowest BCUT2D eigenvalue weighted by molar-refractivity contribution is 0.199. The zero-order valence-corrected chi connectivity index (χ0v) is 21.0. The topological polar surface area (TPSA) is 67.2 Å². The van der Waals surface area contributed by atoms with Gasteiger partial charge < -0.3 is 10.2 Å². The third kappa shape index (κ3) is 4.75. The highest BCUT2D eigenvalue weighted by Crippen LogP contribution is 2.26. The number of hydrogen-bond acceptors (Lipinski definition) is 3. The van der Waals surface area contributed by atoms with Gasteiger partial charge in [0.1, 0.15) is 5.82 Å². The van der Waals surface area contributed by atoms with E-state index in [0.717, 1.165) is 16.6 Å². The Bertz CT molecular complexity index is 1380. The Kier molecular flexibility index (Phi) is 7.12. The molecule has 0 fully saturated rings. The number of fused-ring (bicyclic) bond motifs is 1. The molecule has 6 nitrogen and oxygen atoms in total. The minimum Gasteiger partial charge on any atom is -0.317 e. The summed E-state index contributed by atoms with van der Waals surface area (Å²) in [4.78, 5) is 33.3. The molecular formula is C27H27BrN4O2. The van der Waals surface area contributed by atoms with Crippen LogP contribution in [-0.2, 0) is 6.42 Å². The van der Waals surface area contributed by atoms with Crippen molar-refractivity contribution >= 4 is 38.6 Å². The lowest BCUT2D eigenvalue weighted by Crippen LogP contribution is -2.38. The lowest BCUT2D eigenvalue weighted by Gasteiger charge is -2.29. The van der Waals surface area contributed by atoms with Crippen molar-refractivity contribution in [2.75, 3.05) is 12.4 Å². The molecule has 174 valence electrons. The number of nitrogens with zero attached hydrogens (tertiary/aromatic N) is 3. The third-order valence-corrected chi connectivity index (χ3v) is 6.45. The first-order valence-electron chi connectivity index (χ1n) is 11.3. The summed E-state index contributed by atoms with van der Waals surface area (Å²) in [6, 6.07) is 22.0. The second kappa shape index (κ2) is 10.2. The summed E-state index contributed by atoms with van der Waals surface area (Å²) in [5.74, 6) is 0.530. The summed E-state index contributed by atoms with van der Waals surface area (Å²) in [7, 11) is 1.73. The van der Waals surface area contributed by atoms with Gasteiger partial charge in [-0.05, 0) is 60.9 Å². The first kappa shape index (κ1) is 23.7. The van der Waals surface area contributed by atoms with E-state index in [0.29, 0.717) is 28.8 Å². The van der Waals surface area contributed by atoms with Crippen LogP contribution in [0.15, 0.2) is 82.1 Å². The maximum atomic E-state index is 13.6. The number of nitrogens with one attached hydrogen (secondary N) is 1. The molecule has 7 heteroatoms. The molecule has 3 aromatic carbocycles. The molecule has 4 aromatic rings. The summed E-state index contributed by atoms with van der Waals surface area (Å²) in [5, 5.41) is 3.48. The molecule has 0 bridgehead atoms. The van der Waals surface area contributed by atoms with E-state index >= 15 is 0 Å². The van der Waals surface area contributed by atoms with Crippen LogP contribution in [-0.4, -0.2) is 27.5 Å².